The molecule has 0 amide bonds. The number of aromatic nitrogens is 1. The Hall–Kier alpha value is -1.58. The molecule has 0 radical (unpaired) electrons. The molecular formula is C14H20N2O2. The zero-order chi connectivity index (χ0) is 13.1. The second-order valence-electron chi connectivity index (χ2n) is 4.96. The first-order valence-electron chi connectivity index (χ1n) is 6.59. The molecule has 98 valence electrons. The van der Waals surface area contributed by atoms with Crippen LogP contribution in [0.4, 0.5) is 5.82 Å². The number of aryl methyl sites for hydroxylation is 1. The molecule has 2 rings (SSSR count). The third-order valence-corrected chi connectivity index (χ3v) is 3.60. The molecule has 1 aromatic heterocycles. The van der Waals surface area contributed by atoms with E-state index in [1.807, 2.05) is 7.05 Å². The molecule has 0 spiro atoms. The number of hydrogen-bond acceptors (Lipinski definition) is 3. The van der Waals surface area contributed by atoms with Crippen molar-refractivity contribution in [3.8, 4) is 0 Å². The summed E-state index contributed by atoms with van der Waals surface area (Å²) in [5.74, 6) is -0.0823. The monoisotopic (exact) mass is 248 g/mol. The minimum atomic E-state index is -0.877. The number of carboxylic acids is 1. The normalized spacial score (nSPS) is 15.2. The van der Waals surface area contributed by atoms with Gasteiger partial charge in [-0.15, -0.1) is 0 Å². The quantitative estimate of drug-likeness (QED) is 0.870. The maximum absolute atomic E-state index is 11.1. The molecule has 4 heteroatoms. The summed E-state index contributed by atoms with van der Waals surface area (Å²) in [5.41, 5.74) is 1.22. The van der Waals surface area contributed by atoms with Crippen molar-refractivity contribution in [2.24, 2.45) is 0 Å². The molecule has 1 aliphatic rings. The summed E-state index contributed by atoms with van der Waals surface area (Å²) in [5, 5.41) is 9.15. The van der Waals surface area contributed by atoms with E-state index in [1.54, 1.807) is 12.1 Å². The van der Waals surface area contributed by atoms with Gasteiger partial charge in [0.25, 0.3) is 0 Å². The average Bonchev–Trinajstić information content (AvgIpc) is 2.26. The molecule has 1 heterocycles. The highest BCUT2D eigenvalue weighted by Crippen LogP contribution is 2.28. The molecule has 1 saturated carbocycles. The molecule has 4 nitrogen and oxygen atoms in total. The Morgan fingerprint density at radius 3 is 2.72 bits per heavy atom. The van der Waals surface area contributed by atoms with Crippen LogP contribution < -0.4 is 4.90 Å². The summed E-state index contributed by atoms with van der Waals surface area (Å²) in [6.45, 7) is 2.07. The third kappa shape index (κ3) is 2.63. The minimum absolute atomic E-state index is 0.342. The van der Waals surface area contributed by atoms with Crippen LogP contribution >= 0.6 is 0 Å². The van der Waals surface area contributed by atoms with Crippen molar-refractivity contribution < 1.29 is 9.90 Å². The average molecular weight is 248 g/mol. The van der Waals surface area contributed by atoms with E-state index >= 15 is 0 Å². The molecule has 0 bridgehead atoms. The maximum atomic E-state index is 11.1. The van der Waals surface area contributed by atoms with E-state index in [0.29, 0.717) is 11.6 Å². The Labute approximate surface area is 108 Å². The highest BCUT2D eigenvalue weighted by Gasteiger charge is 2.23. The van der Waals surface area contributed by atoms with Gasteiger partial charge in [0.15, 0.2) is 0 Å². The molecular weight excluding hydrogens is 228 g/mol. The molecule has 18 heavy (non-hydrogen) atoms. The molecule has 1 aliphatic carbocycles. The predicted octanol–water partition coefficient (Wildman–Crippen LogP) is 2.72. The Morgan fingerprint density at radius 2 is 2.22 bits per heavy atom. The molecule has 0 unspecified atom stereocenters. The lowest BCUT2D eigenvalue weighted by atomic mass is 9.92. The summed E-state index contributed by atoms with van der Waals surface area (Å²) < 4.78 is 0. The largest absolute Gasteiger partial charge is 0.478 e. The van der Waals surface area contributed by atoms with Gasteiger partial charge in [0.05, 0.1) is 5.56 Å². The molecule has 1 fully saturated rings. The van der Waals surface area contributed by atoms with E-state index in [2.05, 4.69) is 16.8 Å². The fourth-order valence-corrected chi connectivity index (χ4v) is 2.22. The molecule has 1 aromatic rings. The summed E-state index contributed by atoms with van der Waals surface area (Å²) in [4.78, 5) is 17.8. The predicted molar refractivity (Wildman–Crippen MR) is 71.2 cm³/mol. The van der Waals surface area contributed by atoms with Crippen LogP contribution in [0, 0.1) is 0 Å². The molecule has 1 N–H and O–H groups in total. The Balaban J connectivity index is 2.29. The first kappa shape index (κ1) is 12.9. The molecule has 0 aliphatic heterocycles. The van der Waals surface area contributed by atoms with E-state index in [0.717, 1.165) is 24.4 Å². The van der Waals surface area contributed by atoms with Crippen molar-refractivity contribution in [3.05, 3.63) is 23.4 Å². The van der Waals surface area contributed by atoms with Crippen LogP contribution in [-0.2, 0) is 6.42 Å². The van der Waals surface area contributed by atoms with Gasteiger partial charge in [0, 0.05) is 18.8 Å². The topological polar surface area (TPSA) is 53.4 Å². The lowest BCUT2D eigenvalue weighted by Gasteiger charge is -2.35. The SMILES string of the molecule is CCCc1cc(C(=O)O)cc(N(C)C2CCC2)n1. The van der Waals surface area contributed by atoms with Crippen LogP contribution in [0.1, 0.15) is 48.7 Å². The highest BCUT2D eigenvalue weighted by atomic mass is 16.4. The smallest absolute Gasteiger partial charge is 0.335 e. The maximum Gasteiger partial charge on any atom is 0.335 e. The number of anilines is 1. The first-order valence-corrected chi connectivity index (χ1v) is 6.59. The van der Waals surface area contributed by atoms with E-state index in [9.17, 15) is 4.79 Å². The van der Waals surface area contributed by atoms with Gasteiger partial charge in [-0.1, -0.05) is 13.3 Å². The zero-order valence-corrected chi connectivity index (χ0v) is 11.0. The number of carbonyl (C=O) groups is 1. The Morgan fingerprint density at radius 1 is 1.50 bits per heavy atom. The van der Waals surface area contributed by atoms with Crippen LogP contribution in [0.5, 0.6) is 0 Å². The lowest BCUT2D eigenvalue weighted by Crippen LogP contribution is -2.37. The van der Waals surface area contributed by atoms with E-state index < -0.39 is 5.97 Å². The summed E-state index contributed by atoms with van der Waals surface area (Å²) in [7, 11) is 2.01. The van der Waals surface area contributed by atoms with Crippen molar-refractivity contribution in [1.29, 1.82) is 0 Å². The molecule has 0 saturated heterocycles. The summed E-state index contributed by atoms with van der Waals surface area (Å²) in [6, 6.07) is 3.89. The summed E-state index contributed by atoms with van der Waals surface area (Å²) in [6.07, 6.45) is 5.42. The lowest BCUT2D eigenvalue weighted by molar-refractivity contribution is 0.0696. The summed E-state index contributed by atoms with van der Waals surface area (Å²) >= 11 is 0. The van der Waals surface area contributed by atoms with Gasteiger partial charge in [-0.25, -0.2) is 9.78 Å². The van der Waals surface area contributed by atoms with Crippen molar-refractivity contribution in [2.75, 3.05) is 11.9 Å². The highest BCUT2D eigenvalue weighted by molar-refractivity contribution is 5.88. The number of rotatable bonds is 5. The van der Waals surface area contributed by atoms with Crippen molar-refractivity contribution in [3.63, 3.8) is 0 Å². The van der Waals surface area contributed by atoms with Gasteiger partial charge >= 0.3 is 5.97 Å². The standard InChI is InChI=1S/C14H20N2O2/c1-3-5-11-8-10(14(17)18)9-13(15-11)16(2)12-6-4-7-12/h8-9,12H,3-7H2,1-2H3,(H,17,18). The fourth-order valence-electron chi connectivity index (χ4n) is 2.22. The van der Waals surface area contributed by atoms with Gasteiger partial charge in [-0.3, -0.25) is 0 Å². The van der Waals surface area contributed by atoms with E-state index in [4.69, 9.17) is 5.11 Å². The van der Waals surface area contributed by atoms with Gasteiger partial charge in [-0.05, 0) is 37.8 Å². The number of aromatic carboxylic acids is 1. The number of nitrogens with zero attached hydrogens (tertiary/aromatic N) is 2. The second-order valence-corrected chi connectivity index (χ2v) is 4.96. The van der Waals surface area contributed by atoms with Gasteiger partial charge in [-0.2, -0.15) is 0 Å². The van der Waals surface area contributed by atoms with Crippen LogP contribution in [-0.4, -0.2) is 29.1 Å². The van der Waals surface area contributed by atoms with Crippen LogP contribution in [0.3, 0.4) is 0 Å². The van der Waals surface area contributed by atoms with Crippen LogP contribution in [0.25, 0.3) is 0 Å². The van der Waals surface area contributed by atoms with E-state index in [1.165, 1.54) is 19.3 Å². The molecule has 0 aromatic carbocycles. The number of pyridine rings is 1. The zero-order valence-electron chi connectivity index (χ0n) is 11.0. The number of hydrogen-bond donors (Lipinski definition) is 1. The minimum Gasteiger partial charge on any atom is -0.478 e. The van der Waals surface area contributed by atoms with Gasteiger partial charge in [0.1, 0.15) is 5.82 Å². The van der Waals surface area contributed by atoms with E-state index in [-0.39, 0.29) is 0 Å². The van der Waals surface area contributed by atoms with Crippen LogP contribution in [0.15, 0.2) is 12.1 Å². The van der Waals surface area contributed by atoms with Crippen molar-refractivity contribution in [1.82, 2.24) is 4.98 Å². The van der Waals surface area contributed by atoms with Crippen LogP contribution in [0.2, 0.25) is 0 Å². The Bertz CT molecular complexity index is 441. The van der Waals surface area contributed by atoms with Crippen molar-refractivity contribution in [2.45, 2.75) is 45.1 Å². The second kappa shape index (κ2) is 5.38. The number of carboxylic acid groups (broad SMARTS) is 1. The Kier molecular flexibility index (Phi) is 3.84. The fraction of sp³-hybridized carbons (Fsp3) is 0.571. The first-order chi connectivity index (χ1) is 8.61. The molecule has 0 atom stereocenters. The van der Waals surface area contributed by atoms with Gasteiger partial charge in [0.2, 0.25) is 0 Å². The third-order valence-electron chi connectivity index (χ3n) is 3.60. The van der Waals surface area contributed by atoms with Crippen molar-refractivity contribution >= 4 is 11.8 Å². The van der Waals surface area contributed by atoms with Gasteiger partial charge < -0.3 is 10.0 Å².